The average molecular weight is 622 g/mol. The molecule has 2 heterocycles. The molecule has 5 rings (SSSR count). The SMILES string of the molecule is Cc1cc(C)cc(CSc2nc3ccc(Br)cc3c(=O)n2CCC[N+]2(Cc3cc(C)cc(C)c3)CCOCC2)c1. The van der Waals surface area contributed by atoms with Crippen molar-refractivity contribution in [1.29, 1.82) is 0 Å². The molecule has 0 amide bonds. The summed E-state index contributed by atoms with van der Waals surface area (Å²) in [6, 6.07) is 19.3. The molecule has 0 atom stereocenters. The van der Waals surface area contributed by atoms with Crippen LogP contribution >= 0.6 is 27.7 Å². The van der Waals surface area contributed by atoms with E-state index in [-0.39, 0.29) is 5.56 Å². The first kappa shape index (κ1) is 29.1. The van der Waals surface area contributed by atoms with E-state index in [0.29, 0.717) is 11.9 Å². The highest BCUT2D eigenvalue weighted by molar-refractivity contribution is 9.10. The Balaban J connectivity index is 1.40. The zero-order valence-corrected chi connectivity index (χ0v) is 26.4. The third-order valence-corrected chi connectivity index (χ3v) is 9.30. The second kappa shape index (κ2) is 12.6. The van der Waals surface area contributed by atoms with Gasteiger partial charge >= 0.3 is 0 Å². The number of fused-ring (bicyclic) bond motifs is 1. The van der Waals surface area contributed by atoms with Gasteiger partial charge in [0.05, 0.1) is 30.7 Å². The molecule has 1 aliphatic rings. The maximum Gasteiger partial charge on any atom is 0.262 e. The number of hydrogen-bond acceptors (Lipinski definition) is 4. The van der Waals surface area contributed by atoms with Crippen molar-refractivity contribution >= 4 is 38.6 Å². The molecule has 0 radical (unpaired) electrons. The summed E-state index contributed by atoms with van der Waals surface area (Å²) in [7, 11) is 0. The lowest BCUT2D eigenvalue weighted by Crippen LogP contribution is -2.55. The number of rotatable bonds is 9. The molecule has 1 aromatic heterocycles. The van der Waals surface area contributed by atoms with Crippen molar-refractivity contribution in [2.75, 3.05) is 32.8 Å². The van der Waals surface area contributed by atoms with Crippen LogP contribution in [0, 0.1) is 27.7 Å². The Kier molecular flexibility index (Phi) is 9.15. The van der Waals surface area contributed by atoms with E-state index in [2.05, 4.69) is 80.0 Å². The van der Waals surface area contributed by atoms with Crippen LogP contribution in [0.15, 0.2) is 69.0 Å². The molecular weight excluding hydrogens is 582 g/mol. The molecule has 1 aliphatic heterocycles. The van der Waals surface area contributed by atoms with Crippen molar-refractivity contribution in [3.8, 4) is 0 Å². The van der Waals surface area contributed by atoms with Gasteiger partial charge in [0, 0.05) is 28.8 Å². The number of nitrogens with zero attached hydrogens (tertiary/aromatic N) is 3. The number of thioether (sulfide) groups is 1. The van der Waals surface area contributed by atoms with Crippen molar-refractivity contribution in [2.45, 2.75) is 58.1 Å². The molecule has 4 aromatic rings. The molecule has 3 aromatic carbocycles. The summed E-state index contributed by atoms with van der Waals surface area (Å²) in [5.74, 6) is 0.779. The fourth-order valence-corrected chi connectivity index (χ4v) is 7.40. The molecule has 40 heavy (non-hydrogen) atoms. The van der Waals surface area contributed by atoms with Gasteiger partial charge in [0.2, 0.25) is 0 Å². The molecule has 0 unspecified atom stereocenters. The molecular formula is C33H39BrN3O2S+. The number of quaternary nitrogens is 1. The van der Waals surface area contributed by atoms with Crippen LogP contribution in [0.3, 0.4) is 0 Å². The molecule has 0 saturated carbocycles. The zero-order valence-electron chi connectivity index (χ0n) is 24.0. The van der Waals surface area contributed by atoms with Gasteiger partial charge in [-0.2, -0.15) is 0 Å². The van der Waals surface area contributed by atoms with Crippen LogP contribution in [-0.4, -0.2) is 46.9 Å². The minimum atomic E-state index is 0.0389. The van der Waals surface area contributed by atoms with Crippen molar-refractivity contribution < 1.29 is 9.22 Å². The number of ether oxygens (including phenoxy) is 1. The largest absolute Gasteiger partial charge is 0.370 e. The van der Waals surface area contributed by atoms with Gasteiger partial charge < -0.3 is 9.22 Å². The summed E-state index contributed by atoms with van der Waals surface area (Å²) in [5.41, 5.74) is 8.57. The second-order valence-electron chi connectivity index (χ2n) is 11.4. The summed E-state index contributed by atoms with van der Waals surface area (Å²) in [6.45, 7) is 14.8. The Bertz CT molecular complexity index is 1540. The maximum atomic E-state index is 13.8. The van der Waals surface area contributed by atoms with Crippen LogP contribution < -0.4 is 5.56 Å². The Morgan fingerprint density at radius 1 is 0.900 bits per heavy atom. The molecule has 0 spiro atoms. The summed E-state index contributed by atoms with van der Waals surface area (Å²) < 4.78 is 9.58. The summed E-state index contributed by atoms with van der Waals surface area (Å²) in [4.78, 5) is 18.8. The average Bonchev–Trinajstić information content (AvgIpc) is 2.89. The van der Waals surface area contributed by atoms with Gasteiger partial charge in [0.25, 0.3) is 5.56 Å². The predicted octanol–water partition coefficient (Wildman–Crippen LogP) is 7.12. The van der Waals surface area contributed by atoms with Crippen LogP contribution in [0.1, 0.15) is 39.8 Å². The number of aryl methyl sites for hydroxylation is 4. The quantitative estimate of drug-likeness (QED) is 0.113. The second-order valence-corrected chi connectivity index (χ2v) is 13.3. The molecule has 0 aliphatic carbocycles. The van der Waals surface area contributed by atoms with Crippen LogP contribution in [0.4, 0.5) is 0 Å². The molecule has 0 N–H and O–H groups in total. The van der Waals surface area contributed by atoms with Crippen molar-refractivity contribution in [3.05, 3.63) is 103 Å². The molecule has 1 saturated heterocycles. The molecule has 210 valence electrons. The first-order valence-electron chi connectivity index (χ1n) is 14.1. The minimum absolute atomic E-state index is 0.0389. The highest BCUT2D eigenvalue weighted by atomic mass is 79.9. The van der Waals surface area contributed by atoms with Gasteiger partial charge in [-0.1, -0.05) is 86.3 Å². The zero-order chi connectivity index (χ0) is 28.3. The lowest BCUT2D eigenvalue weighted by molar-refractivity contribution is -0.947. The number of aromatic nitrogens is 2. The summed E-state index contributed by atoms with van der Waals surface area (Å²) >= 11 is 5.20. The third-order valence-electron chi connectivity index (χ3n) is 7.76. The molecule has 5 nitrogen and oxygen atoms in total. The first-order valence-corrected chi connectivity index (χ1v) is 15.9. The van der Waals surface area contributed by atoms with E-state index >= 15 is 0 Å². The summed E-state index contributed by atoms with van der Waals surface area (Å²) in [5, 5.41) is 1.46. The molecule has 0 bridgehead atoms. The standard InChI is InChI=1S/C33H39BrN3O2S/c1-23-14-24(2)17-27(16-23)21-37(10-12-39-13-11-37)9-5-8-36-32(38)30-20-29(34)6-7-31(30)35-33(36)40-22-28-18-25(3)15-26(4)19-28/h6-7,14-20H,5,8-13,21-22H2,1-4H3/q+1. The van der Waals surface area contributed by atoms with E-state index in [1.165, 1.54) is 33.4 Å². The fourth-order valence-electron chi connectivity index (χ4n) is 6.08. The first-order chi connectivity index (χ1) is 19.2. The van der Waals surface area contributed by atoms with Crippen molar-refractivity contribution in [1.82, 2.24) is 9.55 Å². The number of halogens is 1. The molecule has 7 heteroatoms. The van der Waals surface area contributed by atoms with Gasteiger partial charge in [-0.15, -0.1) is 0 Å². The normalized spacial score (nSPS) is 15.0. The van der Waals surface area contributed by atoms with E-state index in [0.717, 1.165) is 71.2 Å². The van der Waals surface area contributed by atoms with Gasteiger partial charge in [0.1, 0.15) is 19.6 Å². The third kappa shape index (κ3) is 7.06. The van der Waals surface area contributed by atoms with Crippen LogP contribution in [0.5, 0.6) is 0 Å². The molecule has 1 fully saturated rings. The van der Waals surface area contributed by atoms with Crippen LogP contribution in [0.25, 0.3) is 10.9 Å². The van der Waals surface area contributed by atoms with Gasteiger partial charge in [-0.3, -0.25) is 9.36 Å². The van der Waals surface area contributed by atoms with E-state index < -0.39 is 0 Å². The lowest BCUT2D eigenvalue weighted by atomic mass is 10.1. The predicted molar refractivity (Wildman–Crippen MR) is 169 cm³/mol. The Labute approximate surface area is 250 Å². The van der Waals surface area contributed by atoms with E-state index in [1.54, 1.807) is 11.8 Å². The van der Waals surface area contributed by atoms with Crippen molar-refractivity contribution in [3.63, 3.8) is 0 Å². The van der Waals surface area contributed by atoms with Gasteiger partial charge in [0.15, 0.2) is 5.16 Å². The summed E-state index contributed by atoms with van der Waals surface area (Å²) in [6.07, 6.45) is 0.906. The Morgan fingerprint density at radius 3 is 2.17 bits per heavy atom. The van der Waals surface area contributed by atoms with E-state index in [1.807, 2.05) is 22.8 Å². The monoisotopic (exact) mass is 620 g/mol. The lowest BCUT2D eigenvalue weighted by Gasteiger charge is -2.41. The topological polar surface area (TPSA) is 44.1 Å². The van der Waals surface area contributed by atoms with Crippen LogP contribution in [0.2, 0.25) is 0 Å². The minimum Gasteiger partial charge on any atom is -0.370 e. The van der Waals surface area contributed by atoms with Crippen LogP contribution in [-0.2, 0) is 23.6 Å². The highest BCUT2D eigenvalue weighted by Gasteiger charge is 2.30. The fraction of sp³-hybridized carbons (Fsp3) is 0.394. The maximum absolute atomic E-state index is 13.8. The van der Waals surface area contributed by atoms with Crippen molar-refractivity contribution in [2.24, 2.45) is 0 Å². The number of morpholine rings is 1. The number of benzene rings is 3. The number of hydrogen-bond donors (Lipinski definition) is 0. The Hall–Kier alpha value is -2.45. The highest BCUT2D eigenvalue weighted by Crippen LogP contribution is 2.26. The van der Waals surface area contributed by atoms with E-state index in [4.69, 9.17) is 9.72 Å². The van der Waals surface area contributed by atoms with Gasteiger partial charge in [-0.05, 0) is 51.5 Å². The Morgan fingerprint density at radius 2 is 1.52 bits per heavy atom. The smallest absolute Gasteiger partial charge is 0.262 e. The van der Waals surface area contributed by atoms with Gasteiger partial charge in [-0.25, -0.2) is 4.98 Å². The van der Waals surface area contributed by atoms with E-state index in [9.17, 15) is 4.79 Å².